The van der Waals surface area contributed by atoms with Gasteiger partial charge in [-0.1, -0.05) is 25.1 Å². The molecule has 0 amide bonds. The molecule has 108 valence electrons. The average Bonchev–Trinajstić information content (AvgIpc) is 2.30. The van der Waals surface area contributed by atoms with E-state index in [1.165, 1.54) is 23.1 Å². The molecule has 0 aliphatic carbocycles. The van der Waals surface area contributed by atoms with Crippen LogP contribution in [-0.2, 0) is 0 Å². The van der Waals surface area contributed by atoms with Crippen molar-refractivity contribution >= 4 is 0 Å². The van der Waals surface area contributed by atoms with Crippen LogP contribution in [0.25, 0.3) is 0 Å². The van der Waals surface area contributed by atoms with Gasteiger partial charge in [0.25, 0.3) is 0 Å². The molecule has 0 heterocycles. The van der Waals surface area contributed by atoms with E-state index in [-0.39, 0.29) is 18.7 Å². The van der Waals surface area contributed by atoms with Gasteiger partial charge in [-0.2, -0.15) is 13.2 Å². The number of nitrogens with two attached hydrogens (primary N) is 1. The maximum atomic E-state index is 13.7. The largest absolute Gasteiger partial charge is 0.401 e. The van der Waals surface area contributed by atoms with Crippen molar-refractivity contribution in [1.29, 1.82) is 0 Å². The molecule has 19 heavy (non-hydrogen) atoms. The van der Waals surface area contributed by atoms with Gasteiger partial charge in [0.05, 0.1) is 12.6 Å². The lowest BCUT2D eigenvalue weighted by Crippen LogP contribution is -2.41. The summed E-state index contributed by atoms with van der Waals surface area (Å²) in [5, 5.41) is 0. The van der Waals surface area contributed by atoms with Gasteiger partial charge in [-0.05, 0) is 19.0 Å². The summed E-state index contributed by atoms with van der Waals surface area (Å²) in [6, 6.07) is 5.04. The van der Waals surface area contributed by atoms with Gasteiger partial charge in [0, 0.05) is 12.1 Å². The van der Waals surface area contributed by atoms with Crippen LogP contribution in [0, 0.1) is 5.82 Å². The van der Waals surface area contributed by atoms with Crippen molar-refractivity contribution in [2.24, 2.45) is 5.73 Å². The summed E-state index contributed by atoms with van der Waals surface area (Å²) >= 11 is 0. The summed E-state index contributed by atoms with van der Waals surface area (Å²) in [5.41, 5.74) is 5.76. The van der Waals surface area contributed by atoms with Crippen LogP contribution < -0.4 is 5.73 Å². The van der Waals surface area contributed by atoms with E-state index in [0.717, 1.165) is 0 Å². The van der Waals surface area contributed by atoms with Crippen LogP contribution in [-0.4, -0.2) is 30.7 Å². The predicted octanol–water partition coefficient (Wildman–Crippen LogP) is 3.10. The number of rotatable bonds is 6. The lowest BCUT2D eigenvalue weighted by molar-refractivity contribution is -0.151. The zero-order chi connectivity index (χ0) is 14.5. The van der Waals surface area contributed by atoms with Gasteiger partial charge < -0.3 is 5.73 Å². The predicted molar refractivity (Wildman–Crippen MR) is 66.1 cm³/mol. The Hall–Kier alpha value is -1.14. The van der Waals surface area contributed by atoms with Crippen molar-refractivity contribution in [3.8, 4) is 0 Å². The van der Waals surface area contributed by atoms with Crippen LogP contribution in [0.5, 0.6) is 0 Å². The Morgan fingerprint density at radius 2 is 1.89 bits per heavy atom. The summed E-state index contributed by atoms with van der Waals surface area (Å²) in [6.45, 7) is 0.849. The lowest BCUT2D eigenvalue weighted by atomic mass is 10.0. The molecular formula is C13H18F4N2. The zero-order valence-corrected chi connectivity index (χ0v) is 10.8. The molecule has 0 fully saturated rings. The second-order valence-electron chi connectivity index (χ2n) is 4.36. The van der Waals surface area contributed by atoms with E-state index < -0.39 is 24.6 Å². The minimum Gasteiger partial charge on any atom is -0.329 e. The third-order valence-electron chi connectivity index (χ3n) is 2.82. The minimum atomic E-state index is -4.33. The highest BCUT2D eigenvalue weighted by Crippen LogP contribution is 2.26. The first kappa shape index (κ1) is 15.9. The van der Waals surface area contributed by atoms with E-state index in [9.17, 15) is 17.6 Å². The van der Waals surface area contributed by atoms with Crippen molar-refractivity contribution < 1.29 is 17.6 Å². The van der Waals surface area contributed by atoms with E-state index in [1.54, 1.807) is 13.0 Å². The molecule has 0 aromatic heterocycles. The maximum Gasteiger partial charge on any atom is 0.401 e. The van der Waals surface area contributed by atoms with Gasteiger partial charge in [-0.15, -0.1) is 0 Å². The fraction of sp³-hybridized carbons (Fsp3) is 0.538. The van der Waals surface area contributed by atoms with Gasteiger partial charge >= 0.3 is 6.18 Å². The summed E-state index contributed by atoms with van der Waals surface area (Å²) in [6.07, 6.45) is -3.78. The number of nitrogens with zero attached hydrogens (tertiary/aromatic N) is 1. The molecule has 1 rings (SSSR count). The molecule has 0 bridgehead atoms. The fourth-order valence-electron chi connectivity index (χ4n) is 2.08. The first-order valence-corrected chi connectivity index (χ1v) is 6.14. The maximum absolute atomic E-state index is 13.7. The Labute approximate surface area is 110 Å². The van der Waals surface area contributed by atoms with Gasteiger partial charge in [0.2, 0.25) is 0 Å². The quantitative estimate of drug-likeness (QED) is 0.810. The SMILES string of the molecule is CCCN(CC(F)(F)F)C(CN)c1ccccc1F. The van der Waals surface area contributed by atoms with E-state index >= 15 is 0 Å². The molecule has 2 N–H and O–H groups in total. The summed E-state index contributed by atoms with van der Waals surface area (Å²) in [4.78, 5) is 1.18. The Morgan fingerprint density at radius 1 is 1.26 bits per heavy atom. The molecular weight excluding hydrogens is 260 g/mol. The molecule has 0 aliphatic rings. The van der Waals surface area contributed by atoms with E-state index in [0.29, 0.717) is 6.42 Å². The van der Waals surface area contributed by atoms with Crippen molar-refractivity contribution in [3.63, 3.8) is 0 Å². The molecule has 1 aromatic rings. The fourth-order valence-corrected chi connectivity index (χ4v) is 2.08. The second-order valence-corrected chi connectivity index (χ2v) is 4.36. The van der Waals surface area contributed by atoms with Crippen LogP contribution >= 0.6 is 0 Å². The van der Waals surface area contributed by atoms with Crippen molar-refractivity contribution in [2.45, 2.75) is 25.6 Å². The third-order valence-corrected chi connectivity index (χ3v) is 2.82. The highest BCUT2D eigenvalue weighted by Gasteiger charge is 2.34. The summed E-state index contributed by atoms with van der Waals surface area (Å²) < 4.78 is 51.4. The Morgan fingerprint density at radius 3 is 2.37 bits per heavy atom. The first-order valence-electron chi connectivity index (χ1n) is 6.14. The van der Waals surface area contributed by atoms with Crippen molar-refractivity contribution in [2.75, 3.05) is 19.6 Å². The standard InChI is InChI=1S/C13H18F4N2/c1-2-7-19(9-13(15,16)17)12(8-18)10-5-3-4-6-11(10)14/h3-6,12H,2,7-9,18H2,1H3. The molecule has 2 nitrogen and oxygen atoms in total. The summed E-state index contributed by atoms with van der Waals surface area (Å²) in [5.74, 6) is -0.527. The molecule has 6 heteroatoms. The number of halogens is 4. The third kappa shape index (κ3) is 4.80. The molecule has 1 aromatic carbocycles. The zero-order valence-electron chi connectivity index (χ0n) is 10.8. The molecule has 0 spiro atoms. The smallest absolute Gasteiger partial charge is 0.329 e. The van der Waals surface area contributed by atoms with Gasteiger partial charge in [0.1, 0.15) is 5.82 Å². The lowest BCUT2D eigenvalue weighted by Gasteiger charge is -2.31. The molecule has 1 unspecified atom stereocenters. The molecule has 0 saturated heterocycles. The monoisotopic (exact) mass is 278 g/mol. The molecule has 0 radical (unpaired) electrons. The van der Waals surface area contributed by atoms with Crippen LogP contribution in [0.4, 0.5) is 17.6 Å². The highest BCUT2D eigenvalue weighted by atomic mass is 19.4. The van der Waals surface area contributed by atoms with Gasteiger partial charge in [0.15, 0.2) is 0 Å². The van der Waals surface area contributed by atoms with Crippen LogP contribution in [0.3, 0.4) is 0 Å². The van der Waals surface area contributed by atoms with Gasteiger partial charge in [-0.3, -0.25) is 4.90 Å². The minimum absolute atomic E-state index is 0.0585. The number of hydrogen-bond acceptors (Lipinski definition) is 2. The number of benzene rings is 1. The normalized spacial score (nSPS) is 13.8. The van der Waals surface area contributed by atoms with Crippen LogP contribution in [0.15, 0.2) is 24.3 Å². The van der Waals surface area contributed by atoms with Crippen molar-refractivity contribution in [1.82, 2.24) is 4.90 Å². The van der Waals surface area contributed by atoms with E-state index in [1.807, 2.05) is 0 Å². The van der Waals surface area contributed by atoms with Crippen LogP contribution in [0.2, 0.25) is 0 Å². The highest BCUT2D eigenvalue weighted by molar-refractivity contribution is 5.21. The van der Waals surface area contributed by atoms with Crippen molar-refractivity contribution in [3.05, 3.63) is 35.6 Å². The first-order chi connectivity index (χ1) is 8.89. The summed E-state index contributed by atoms with van der Waals surface area (Å²) in [7, 11) is 0. The molecule has 0 aliphatic heterocycles. The molecule has 0 saturated carbocycles. The second kappa shape index (κ2) is 6.86. The van der Waals surface area contributed by atoms with Gasteiger partial charge in [-0.25, -0.2) is 4.39 Å². The number of alkyl halides is 3. The van der Waals surface area contributed by atoms with E-state index in [4.69, 9.17) is 5.73 Å². The number of hydrogen-bond donors (Lipinski definition) is 1. The Kier molecular flexibility index (Phi) is 5.75. The average molecular weight is 278 g/mol. The Balaban J connectivity index is 3.00. The van der Waals surface area contributed by atoms with Crippen LogP contribution in [0.1, 0.15) is 24.9 Å². The van der Waals surface area contributed by atoms with E-state index in [2.05, 4.69) is 0 Å². The molecule has 1 atom stereocenters. The Bertz CT molecular complexity index is 392. The topological polar surface area (TPSA) is 29.3 Å².